The molecule has 0 saturated carbocycles. The van der Waals surface area contributed by atoms with Gasteiger partial charge in [0, 0.05) is 16.9 Å². The van der Waals surface area contributed by atoms with E-state index < -0.39 is 0 Å². The van der Waals surface area contributed by atoms with Crippen LogP contribution >= 0.6 is 25.3 Å². The Bertz CT molecular complexity index is 311. The van der Waals surface area contributed by atoms with Gasteiger partial charge in [-0.1, -0.05) is 13.0 Å². The van der Waals surface area contributed by atoms with Crippen LogP contribution in [0.2, 0.25) is 0 Å². The monoisotopic (exact) mass is 214 g/mol. The number of anilines is 2. The van der Waals surface area contributed by atoms with E-state index in [4.69, 9.17) is 11.5 Å². The van der Waals surface area contributed by atoms with E-state index in [0.29, 0.717) is 5.69 Å². The summed E-state index contributed by atoms with van der Waals surface area (Å²) < 4.78 is -0.216. The molecule has 0 bridgehead atoms. The van der Waals surface area contributed by atoms with E-state index in [9.17, 15) is 0 Å². The summed E-state index contributed by atoms with van der Waals surface area (Å²) in [5, 5.41) is 0. The molecule has 72 valence electrons. The van der Waals surface area contributed by atoms with Crippen LogP contribution in [0.15, 0.2) is 12.1 Å². The zero-order valence-corrected chi connectivity index (χ0v) is 9.28. The predicted octanol–water partition coefficient (Wildman–Crippen LogP) is 2.27. The van der Waals surface area contributed by atoms with Crippen LogP contribution in [0.25, 0.3) is 0 Å². The van der Waals surface area contributed by atoms with E-state index >= 15 is 0 Å². The number of hydrogen-bond donors (Lipinski definition) is 4. The van der Waals surface area contributed by atoms with Crippen LogP contribution in [-0.4, -0.2) is 0 Å². The van der Waals surface area contributed by atoms with Crippen LogP contribution in [0, 0.1) is 0 Å². The van der Waals surface area contributed by atoms with E-state index in [1.165, 1.54) is 0 Å². The van der Waals surface area contributed by atoms with Crippen molar-refractivity contribution < 1.29 is 0 Å². The highest BCUT2D eigenvalue weighted by atomic mass is 32.2. The third kappa shape index (κ3) is 2.06. The fourth-order valence-corrected chi connectivity index (χ4v) is 1.87. The summed E-state index contributed by atoms with van der Waals surface area (Å²) in [5.74, 6) is 0. The quantitative estimate of drug-likeness (QED) is 0.347. The lowest BCUT2D eigenvalue weighted by Crippen LogP contribution is -2.03. The third-order valence-corrected chi connectivity index (χ3v) is 2.57. The molecule has 0 aliphatic carbocycles. The van der Waals surface area contributed by atoms with Crippen LogP contribution in [0.3, 0.4) is 0 Å². The molecule has 2 nitrogen and oxygen atoms in total. The van der Waals surface area contributed by atoms with Crippen molar-refractivity contribution in [2.24, 2.45) is 0 Å². The van der Waals surface area contributed by atoms with Gasteiger partial charge in [0.1, 0.15) is 0 Å². The first kappa shape index (κ1) is 10.6. The van der Waals surface area contributed by atoms with E-state index in [-0.39, 0.29) is 4.58 Å². The standard InChI is InChI=1S/C9H14N2S2/c1-2-5-3-4-6(10)7(8(5)11)9(12)13/h3-4,9,12-13H,2,10-11H2,1H3. The normalized spacial score (nSPS) is 10.8. The van der Waals surface area contributed by atoms with Gasteiger partial charge in [-0.2, -0.15) is 25.3 Å². The lowest BCUT2D eigenvalue weighted by Gasteiger charge is -2.14. The minimum Gasteiger partial charge on any atom is -0.398 e. The van der Waals surface area contributed by atoms with Crippen molar-refractivity contribution in [3.63, 3.8) is 0 Å². The van der Waals surface area contributed by atoms with Crippen molar-refractivity contribution in [1.82, 2.24) is 0 Å². The maximum absolute atomic E-state index is 5.92. The summed E-state index contributed by atoms with van der Waals surface area (Å²) in [7, 11) is 0. The molecule has 0 aliphatic heterocycles. The molecule has 0 saturated heterocycles. The van der Waals surface area contributed by atoms with Gasteiger partial charge in [0.2, 0.25) is 0 Å². The highest BCUT2D eigenvalue weighted by Crippen LogP contribution is 2.35. The molecule has 13 heavy (non-hydrogen) atoms. The number of benzene rings is 1. The number of rotatable bonds is 2. The lowest BCUT2D eigenvalue weighted by atomic mass is 10.0. The molecule has 1 aromatic rings. The van der Waals surface area contributed by atoms with Crippen LogP contribution in [0.4, 0.5) is 11.4 Å². The first-order chi connectivity index (χ1) is 6.07. The molecule has 0 radical (unpaired) electrons. The van der Waals surface area contributed by atoms with Crippen molar-refractivity contribution >= 4 is 36.6 Å². The van der Waals surface area contributed by atoms with E-state index in [1.54, 1.807) is 0 Å². The second-order valence-corrected chi connectivity index (χ2v) is 4.31. The Kier molecular flexibility index (Phi) is 3.39. The highest BCUT2D eigenvalue weighted by Gasteiger charge is 2.12. The molecule has 1 rings (SSSR count). The molecule has 0 unspecified atom stereocenters. The Balaban J connectivity index is 3.30. The summed E-state index contributed by atoms with van der Waals surface area (Å²) in [6.07, 6.45) is 0.896. The van der Waals surface area contributed by atoms with Crippen molar-refractivity contribution in [2.75, 3.05) is 11.5 Å². The number of nitrogen functional groups attached to an aromatic ring is 2. The van der Waals surface area contributed by atoms with Gasteiger partial charge in [-0.25, -0.2) is 0 Å². The molecular weight excluding hydrogens is 200 g/mol. The summed E-state index contributed by atoms with van der Waals surface area (Å²) in [6.45, 7) is 2.05. The van der Waals surface area contributed by atoms with Gasteiger partial charge in [0.15, 0.2) is 0 Å². The zero-order chi connectivity index (χ0) is 10.0. The summed E-state index contributed by atoms with van der Waals surface area (Å²) in [4.78, 5) is 0. The number of nitrogens with two attached hydrogens (primary N) is 2. The van der Waals surface area contributed by atoms with Gasteiger partial charge in [0.25, 0.3) is 0 Å². The maximum Gasteiger partial charge on any atom is 0.0732 e. The van der Waals surface area contributed by atoms with E-state index in [1.807, 2.05) is 12.1 Å². The van der Waals surface area contributed by atoms with E-state index in [0.717, 1.165) is 23.2 Å². The lowest BCUT2D eigenvalue weighted by molar-refractivity contribution is 1.13. The largest absolute Gasteiger partial charge is 0.398 e. The Labute approximate surface area is 89.5 Å². The SMILES string of the molecule is CCc1ccc(N)c(C(S)S)c1N. The molecule has 1 aromatic carbocycles. The third-order valence-electron chi connectivity index (χ3n) is 2.05. The van der Waals surface area contributed by atoms with Crippen LogP contribution in [0.1, 0.15) is 22.6 Å². The molecule has 0 fully saturated rings. The average molecular weight is 214 g/mol. The van der Waals surface area contributed by atoms with Gasteiger partial charge < -0.3 is 11.5 Å². The average Bonchev–Trinajstić information content (AvgIpc) is 2.04. The second kappa shape index (κ2) is 4.15. The molecule has 0 atom stereocenters. The minimum atomic E-state index is -0.216. The van der Waals surface area contributed by atoms with E-state index in [2.05, 4.69) is 32.2 Å². The maximum atomic E-state index is 5.92. The van der Waals surface area contributed by atoms with Crippen LogP contribution < -0.4 is 11.5 Å². The fraction of sp³-hybridized carbons (Fsp3) is 0.333. The Hall–Kier alpha value is -0.480. The summed E-state index contributed by atoms with van der Waals surface area (Å²) in [6, 6.07) is 3.79. The Morgan fingerprint density at radius 2 is 1.92 bits per heavy atom. The Morgan fingerprint density at radius 1 is 1.31 bits per heavy atom. The van der Waals surface area contributed by atoms with Gasteiger partial charge in [-0.3, -0.25) is 0 Å². The second-order valence-electron chi connectivity index (χ2n) is 2.87. The molecular formula is C9H14N2S2. The highest BCUT2D eigenvalue weighted by molar-refractivity contribution is 7.98. The topological polar surface area (TPSA) is 52.0 Å². The van der Waals surface area contributed by atoms with Gasteiger partial charge in [-0.05, 0) is 18.1 Å². The molecule has 0 amide bonds. The molecule has 0 spiro atoms. The summed E-state index contributed by atoms with van der Waals surface area (Å²) >= 11 is 8.43. The number of aryl methyl sites for hydroxylation is 1. The molecule has 4 N–H and O–H groups in total. The van der Waals surface area contributed by atoms with Crippen LogP contribution in [0.5, 0.6) is 0 Å². The van der Waals surface area contributed by atoms with Crippen molar-refractivity contribution in [1.29, 1.82) is 0 Å². The zero-order valence-electron chi connectivity index (χ0n) is 7.49. The fourth-order valence-electron chi connectivity index (χ4n) is 1.29. The Morgan fingerprint density at radius 3 is 2.38 bits per heavy atom. The molecule has 0 aliphatic rings. The summed E-state index contributed by atoms with van der Waals surface area (Å²) in [5.41, 5.74) is 15.0. The van der Waals surface area contributed by atoms with Gasteiger partial charge in [-0.15, -0.1) is 0 Å². The van der Waals surface area contributed by atoms with Crippen molar-refractivity contribution in [2.45, 2.75) is 17.9 Å². The van der Waals surface area contributed by atoms with Crippen molar-refractivity contribution in [3.8, 4) is 0 Å². The molecule has 0 heterocycles. The number of thiol groups is 2. The van der Waals surface area contributed by atoms with Gasteiger partial charge in [0.05, 0.1) is 4.58 Å². The minimum absolute atomic E-state index is 0.216. The first-order valence-electron chi connectivity index (χ1n) is 4.10. The molecule has 0 aromatic heterocycles. The first-order valence-corrected chi connectivity index (χ1v) is 5.14. The van der Waals surface area contributed by atoms with Crippen LogP contribution in [-0.2, 0) is 6.42 Å². The smallest absolute Gasteiger partial charge is 0.0732 e. The van der Waals surface area contributed by atoms with Gasteiger partial charge >= 0.3 is 0 Å². The number of hydrogen-bond acceptors (Lipinski definition) is 4. The molecule has 4 heteroatoms. The van der Waals surface area contributed by atoms with Crippen molar-refractivity contribution in [3.05, 3.63) is 23.3 Å². The predicted molar refractivity (Wildman–Crippen MR) is 65.4 cm³/mol.